The molecule has 0 aliphatic heterocycles. The third-order valence-electron chi connectivity index (χ3n) is 2.48. The van der Waals surface area contributed by atoms with Crippen LogP contribution >= 0.6 is 11.6 Å². The average molecular weight is 291 g/mol. The second-order valence-electron chi connectivity index (χ2n) is 3.84. The van der Waals surface area contributed by atoms with E-state index in [2.05, 4.69) is 0 Å². The van der Waals surface area contributed by atoms with E-state index in [0.717, 1.165) is 11.6 Å². The number of rotatable bonds is 4. The Balaban J connectivity index is 2.33. The van der Waals surface area contributed by atoms with Crippen LogP contribution in [0.15, 0.2) is 46.4 Å². The fraction of sp³-hybridized carbons (Fsp3) is 0. The van der Waals surface area contributed by atoms with E-state index in [1.54, 1.807) is 30.3 Å². The van der Waals surface area contributed by atoms with Gasteiger partial charge in [-0.05, 0) is 42.5 Å². The van der Waals surface area contributed by atoms with Gasteiger partial charge in [-0.15, -0.1) is 0 Å². The minimum atomic E-state index is -1.84. The molecule has 0 saturated carbocycles. The largest absolute Gasteiger partial charge is 0.545 e. The molecule has 0 saturated heterocycles. The molecule has 0 N–H and O–H groups in total. The van der Waals surface area contributed by atoms with E-state index in [1.165, 1.54) is 6.07 Å². The van der Waals surface area contributed by atoms with Crippen molar-refractivity contribution in [3.05, 3.63) is 52.8 Å². The molecule has 0 radical (unpaired) electrons. The minimum Gasteiger partial charge on any atom is -0.545 e. The monoisotopic (exact) mass is 290 g/mol. The summed E-state index contributed by atoms with van der Waals surface area (Å²) in [6.07, 6.45) is 0.837. The number of halogens is 1. The van der Waals surface area contributed by atoms with Gasteiger partial charge in [0.2, 0.25) is 0 Å². The Morgan fingerprint density at radius 1 is 1.00 bits per heavy atom. The van der Waals surface area contributed by atoms with Crippen LogP contribution in [0.4, 0.5) is 0 Å². The van der Waals surface area contributed by atoms with Crippen LogP contribution in [0, 0.1) is 0 Å². The number of furan rings is 1. The third kappa shape index (κ3) is 3.07. The molecular weight excluding hydrogens is 284 g/mol. The van der Waals surface area contributed by atoms with Gasteiger partial charge >= 0.3 is 0 Å². The summed E-state index contributed by atoms with van der Waals surface area (Å²) in [5, 5.41) is 21.8. The smallest absolute Gasteiger partial charge is 0.134 e. The molecule has 1 aromatic heterocycles. The normalized spacial score (nSPS) is 10.1. The molecule has 2 rings (SSSR count). The van der Waals surface area contributed by atoms with Gasteiger partial charge in [0, 0.05) is 16.2 Å². The van der Waals surface area contributed by atoms with Gasteiger partial charge in [-0.1, -0.05) is 11.6 Å². The Labute approximate surface area is 118 Å². The topological polar surface area (TPSA) is 93.4 Å². The van der Waals surface area contributed by atoms with Crippen LogP contribution in [-0.4, -0.2) is 11.9 Å². The highest BCUT2D eigenvalue weighted by molar-refractivity contribution is 6.30. The van der Waals surface area contributed by atoms with Crippen molar-refractivity contribution in [3.8, 4) is 11.3 Å². The Morgan fingerprint density at radius 2 is 1.60 bits per heavy atom. The highest BCUT2D eigenvalue weighted by atomic mass is 35.5. The van der Waals surface area contributed by atoms with E-state index in [0.29, 0.717) is 10.8 Å². The van der Waals surface area contributed by atoms with Crippen LogP contribution in [0.3, 0.4) is 0 Å². The Bertz CT molecular complexity index is 666. The Hall–Kier alpha value is -2.53. The van der Waals surface area contributed by atoms with Crippen molar-refractivity contribution in [2.24, 2.45) is 0 Å². The average Bonchev–Trinajstić information content (AvgIpc) is 2.84. The van der Waals surface area contributed by atoms with Gasteiger partial charge in [0.25, 0.3) is 0 Å². The van der Waals surface area contributed by atoms with Crippen molar-refractivity contribution >= 4 is 29.6 Å². The molecule has 102 valence electrons. The molecule has 0 amide bonds. The van der Waals surface area contributed by atoms with Gasteiger partial charge in [-0.2, -0.15) is 0 Å². The van der Waals surface area contributed by atoms with Gasteiger partial charge in [0.1, 0.15) is 11.5 Å². The zero-order valence-electron chi connectivity index (χ0n) is 9.96. The van der Waals surface area contributed by atoms with Gasteiger partial charge < -0.3 is 24.2 Å². The first kappa shape index (κ1) is 13.9. The molecule has 0 spiro atoms. The number of hydrogen-bond donors (Lipinski definition) is 0. The molecule has 6 heteroatoms. The van der Waals surface area contributed by atoms with Gasteiger partial charge in [-0.3, -0.25) is 0 Å². The van der Waals surface area contributed by atoms with Gasteiger partial charge in [0.15, 0.2) is 0 Å². The molecule has 2 aromatic rings. The molecule has 0 unspecified atom stereocenters. The van der Waals surface area contributed by atoms with Crippen LogP contribution in [-0.2, 0) is 9.59 Å². The lowest BCUT2D eigenvalue weighted by atomic mass is 10.2. The lowest BCUT2D eigenvalue weighted by Gasteiger charge is -2.07. The zero-order valence-corrected chi connectivity index (χ0v) is 10.7. The maximum atomic E-state index is 10.6. The first-order valence-electron chi connectivity index (χ1n) is 5.47. The standard InChI is InChI=1S/C14H9ClO5/c15-9-3-1-8(2-4-9)12-6-5-10(20-12)7-11(13(16)17)14(18)19/h1-7H,(H,16,17)(H,18,19)/p-2. The maximum absolute atomic E-state index is 10.6. The molecular formula is C14H7ClO5-2. The Morgan fingerprint density at radius 3 is 2.15 bits per heavy atom. The summed E-state index contributed by atoms with van der Waals surface area (Å²) in [7, 11) is 0. The second kappa shape index (κ2) is 5.63. The predicted octanol–water partition coefficient (Wildman–Crippen LogP) is 0.483. The third-order valence-corrected chi connectivity index (χ3v) is 2.73. The quantitative estimate of drug-likeness (QED) is 0.464. The van der Waals surface area contributed by atoms with Crippen LogP contribution in [0.25, 0.3) is 17.4 Å². The number of hydrogen-bond acceptors (Lipinski definition) is 5. The van der Waals surface area contributed by atoms with Crippen molar-refractivity contribution in [1.29, 1.82) is 0 Å². The molecule has 1 aromatic carbocycles. The van der Waals surface area contributed by atoms with E-state index in [9.17, 15) is 19.8 Å². The number of carbonyl (C=O) groups excluding carboxylic acids is 2. The molecule has 0 atom stereocenters. The molecule has 0 aliphatic carbocycles. The summed E-state index contributed by atoms with van der Waals surface area (Å²) < 4.78 is 5.34. The fourth-order valence-corrected chi connectivity index (χ4v) is 1.67. The lowest BCUT2D eigenvalue weighted by molar-refractivity contribution is -0.311. The van der Waals surface area contributed by atoms with Crippen molar-refractivity contribution in [2.75, 3.05) is 0 Å². The highest BCUT2D eigenvalue weighted by Gasteiger charge is 2.06. The number of benzene rings is 1. The lowest BCUT2D eigenvalue weighted by Crippen LogP contribution is -2.35. The number of carboxylic acid groups (broad SMARTS) is 2. The summed E-state index contributed by atoms with van der Waals surface area (Å²) >= 11 is 5.76. The summed E-state index contributed by atoms with van der Waals surface area (Å²) in [6, 6.07) is 9.79. The van der Waals surface area contributed by atoms with E-state index in [-0.39, 0.29) is 5.76 Å². The summed E-state index contributed by atoms with van der Waals surface area (Å²) in [5.74, 6) is -3.16. The highest BCUT2D eigenvalue weighted by Crippen LogP contribution is 2.24. The molecule has 0 bridgehead atoms. The number of carboxylic acids is 2. The summed E-state index contributed by atoms with van der Waals surface area (Å²) in [4.78, 5) is 21.2. The number of aliphatic carboxylic acids is 2. The Kier molecular flexibility index (Phi) is 3.91. The van der Waals surface area contributed by atoms with Crippen LogP contribution < -0.4 is 10.2 Å². The van der Waals surface area contributed by atoms with Gasteiger partial charge in [0.05, 0.1) is 11.9 Å². The second-order valence-corrected chi connectivity index (χ2v) is 4.28. The molecule has 0 fully saturated rings. The van der Waals surface area contributed by atoms with E-state index in [4.69, 9.17) is 16.0 Å². The van der Waals surface area contributed by atoms with Crippen molar-refractivity contribution < 1.29 is 24.2 Å². The van der Waals surface area contributed by atoms with E-state index in [1.807, 2.05) is 0 Å². The predicted molar refractivity (Wildman–Crippen MR) is 67.1 cm³/mol. The van der Waals surface area contributed by atoms with Crippen LogP contribution in [0.5, 0.6) is 0 Å². The maximum Gasteiger partial charge on any atom is 0.134 e. The first-order chi connectivity index (χ1) is 9.47. The molecule has 1 heterocycles. The first-order valence-corrected chi connectivity index (χ1v) is 5.85. The van der Waals surface area contributed by atoms with E-state index < -0.39 is 17.5 Å². The van der Waals surface area contributed by atoms with E-state index >= 15 is 0 Å². The van der Waals surface area contributed by atoms with Crippen LogP contribution in [0.2, 0.25) is 5.02 Å². The minimum absolute atomic E-state index is 0.0679. The molecule has 0 aliphatic rings. The van der Waals surface area contributed by atoms with Crippen molar-refractivity contribution in [3.63, 3.8) is 0 Å². The van der Waals surface area contributed by atoms with Crippen molar-refractivity contribution in [1.82, 2.24) is 0 Å². The van der Waals surface area contributed by atoms with Crippen LogP contribution in [0.1, 0.15) is 5.76 Å². The number of carbonyl (C=O) groups is 2. The SMILES string of the molecule is O=C([O-])C(=Cc1ccc(-c2ccc(Cl)cc2)o1)C(=O)[O-]. The fourth-order valence-electron chi connectivity index (χ4n) is 1.54. The summed E-state index contributed by atoms with van der Waals surface area (Å²) in [6.45, 7) is 0. The molecule has 5 nitrogen and oxygen atoms in total. The summed E-state index contributed by atoms with van der Waals surface area (Å²) in [5.41, 5.74) is -0.264. The molecule has 20 heavy (non-hydrogen) atoms. The zero-order chi connectivity index (χ0) is 14.7. The van der Waals surface area contributed by atoms with Gasteiger partial charge in [-0.25, -0.2) is 0 Å². The van der Waals surface area contributed by atoms with Crippen molar-refractivity contribution in [2.45, 2.75) is 0 Å².